The largest absolute Gasteiger partial charge is 0.398 e. The minimum absolute atomic E-state index is 0.244. The van der Waals surface area contributed by atoms with Gasteiger partial charge in [-0.15, -0.1) is 0 Å². The van der Waals surface area contributed by atoms with Gasteiger partial charge in [0.15, 0.2) is 0 Å². The van der Waals surface area contributed by atoms with Gasteiger partial charge in [0.05, 0.1) is 6.10 Å². The lowest BCUT2D eigenvalue weighted by atomic mass is 10.1. The maximum absolute atomic E-state index is 12.1. The van der Waals surface area contributed by atoms with Crippen LogP contribution in [0.15, 0.2) is 46.9 Å². The Morgan fingerprint density at radius 1 is 1.30 bits per heavy atom. The first-order valence-electron chi connectivity index (χ1n) is 6.12. The Bertz CT molecular complexity index is 642. The van der Waals surface area contributed by atoms with Crippen LogP contribution in [0.1, 0.15) is 28.9 Å². The first kappa shape index (κ1) is 14.6. The number of rotatable bonds is 3. The third-order valence-electron chi connectivity index (χ3n) is 2.89. The topological polar surface area (TPSA) is 75.3 Å². The van der Waals surface area contributed by atoms with Crippen LogP contribution < -0.4 is 11.1 Å². The minimum Gasteiger partial charge on any atom is -0.398 e. The number of hydrogen-bond donors (Lipinski definition) is 3. The summed E-state index contributed by atoms with van der Waals surface area (Å²) in [6.07, 6.45) is -0.574. The number of halogens is 1. The molecule has 0 aliphatic rings. The van der Waals surface area contributed by atoms with Crippen molar-refractivity contribution in [2.24, 2.45) is 0 Å². The fraction of sp³-hybridized carbons (Fsp3) is 0.133. The van der Waals surface area contributed by atoms with Gasteiger partial charge in [0.1, 0.15) is 0 Å². The third kappa shape index (κ3) is 3.37. The summed E-state index contributed by atoms with van der Waals surface area (Å²) >= 11 is 3.29. The van der Waals surface area contributed by atoms with Crippen LogP contribution in [0, 0.1) is 0 Å². The number of nitrogens with one attached hydrogen (secondary N) is 1. The van der Waals surface area contributed by atoms with Gasteiger partial charge in [0.25, 0.3) is 5.91 Å². The average molecular weight is 335 g/mol. The second-order valence-electron chi connectivity index (χ2n) is 4.49. The summed E-state index contributed by atoms with van der Waals surface area (Å²) in [7, 11) is 0. The Hall–Kier alpha value is -1.85. The van der Waals surface area contributed by atoms with E-state index < -0.39 is 6.10 Å². The number of nitrogen functional groups attached to an aromatic ring is 1. The van der Waals surface area contributed by atoms with Crippen molar-refractivity contribution < 1.29 is 9.90 Å². The lowest BCUT2D eigenvalue weighted by Crippen LogP contribution is -2.12. The Morgan fingerprint density at radius 2 is 2.05 bits per heavy atom. The highest BCUT2D eigenvalue weighted by molar-refractivity contribution is 9.10. The lowest BCUT2D eigenvalue weighted by molar-refractivity contribution is 0.102. The molecule has 0 aliphatic heterocycles. The van der Waals surface area contributed by atoms with Gasteiger partial charge in [-0.05, 0) is 58.7 Å². The zero-order valence-corrected chi connectivity index (χ0v) is 12.5. The number of amides is 1. The molecule has 4 N–H and O–H groups in total. The summed E-state index contributed by atoms with van der Waals surface area (Å²) in [5.74, 6) is -0.244. The molecular formula is C15H15BrN2O2. The van der Waals surface area contributed by atoms with Crippen LogP contribution in [0.25, 0.3) is 0 Å². The monoisotopic (exact) mass is 334 g/mol. The molecule has 0 saturated heterocycles. The number of aliphatic hydroxyl groups is 1. The summed E-state index contributed by atoms with van der Waals surface area (Å²) < 4.78 is 0.755. The number of anilines is 2. The quantitative estimate of drug-likeness (QED) is 0.753. The van der Waals surface area contributed by atoms with Gasteiger partial charge in [-0.2, -0.15) is 0 Å². The molecule has 1 atom stereocenters. The Balaban J connectivity index is 2.19. The van der Waals surface area contributed by atoms with E-state index in [-0.39, 0.29) is 5.91 Å². The number of nitrogens with two attached hydrogens (primary N) is 1. The SMILES string of the molecule is C[C@H](O)c1cccc(NC(=O)c2ccc(Br)c(N)c2)c1. The van der Waals surface area contributed by atoms with Crippen LogP contribution >= 0.6 is 15.9 Å². The van der Waals surface area contributed by atoms with E-state index in [0.717, 1.165) is 10.0 Å². The van der Waals surface area contributed by atoms with Crippen LogP contribution in [0.3, 0.4) is 0 Å². The van der Waals surface area contributed by atoms with Crippen molar-refractivity contribution in [3.63, 3.8) is 0 Å². The zero-order valence-electron chi connectivity index (χ0n) is 10.9. The first-order valence-corrected chi connectivity index (χ1v) is 6.91. The minimum atomic E-state index is -0.574. The summed E-state index contributed by atoms with van der Waals surface area (Å²) in [6, 6.07) is 12.1. The van der Waals surface area contributed by atoms with Crippen molar-refractivity contribution in [2.75, 3.05) is 11.1 Å². The van der Waals surface area contributed by atoms with Crippen molar-refractivity contribution in [1.82, 2.24) is 0 Å². The molecule has 20 heavy (non-hydrogen) atoms. The van der Waals surface area contributed by atoms with Crippen LogP contribution in [0.4, 0.5) is 11.4 Å². The summed E-state index contributed by atoms with van der Waals surface area (Å²) in [6.45, 7) is 1.68. The van der Waals surface area contributed by atoms with Crippen molar-refractivity contribution >= 4 is 33.2 Å². The standard InChI is InChI=1S/C15H15BrN2O2/c1-9(19)10-3-2-4-12(7-10)18-15(20)11-5-6-13(16)14(17)8-11/h2-9,19H,17H2,1H3,(H,18,20)/t9-/m0/s1. The Kier molecular flexibility index (Phi) is 4.42. The molecule has 0 aliphatic carbocycles. The maximum Gasteiger partial charge on any atom is 0.255 e. The number of benzene rings is 2. The van der Waals surface area contributed by atoms with Crippen LogP contribution in [0.2, 0.25) is 0 Å². The second kappa shape index (κ2) is 6.07. The molecule has 0 fully saturated rings. The van der Waals surface area contributed by atoms with Gasteiger partial charge < -0.3 is 16.2 Å². The number of hydrogen-bond acceptors (Lipinski definition) is 3. The highest BCUT2D eigenvalue weighted by atomic mass is 79.9. The number of carbonyl (C=O) groups is 1. The zero-order chi connectivity index (χ0) is 14.7. The molecule has 2 aromatic rings. The molecule has 0 heterocycles. The van der Waals surface area contributed by atoms with Gasteiger partial charge in [-0.1, -0.05) is 12.1 Å². The molecule has 1 amide bonds. The molecule has 4 nitrogen and oxygen atoms in total. The van der Waals surface area contributed by atoms with E-state index in [1.807, 2.05) is 0 Å². The predicted octanol–water partition coefficient (Wildman–Crippen LogP) is 3.34. The average Bonchev–Trinajstić information content (AvgIpc) is 2.42. The molecule has 0 unspecified atom stereocenters. The van der Waals surface area contributed by atoms with Crippen molar-refractivity contribution in [1.29, 1.82) is 0 Å². The normalized spacial score (nSPS) is 11.9. The second-order valence-corrected chi connectivity index (χ2v) is 5.35. The van der Waals surface area contributed by atoms with E-state index in [1.54, 1.807) is 49.4 Å². The molecule has 104 valence electrons. The molecule has 2 aromatic carbocycles. The van der Waals surface area contributed by atoms with Gasteiger partial charge in [0, 0.05) is 21.4 Å². The highest BCUT2D eigenvalue weighted by Crippen LogP contribution is 2.22. The van der Waals surface area contributed by atoms with E-state index in [0.29, 0.717) is 16.9 Å². The highest BCUT2D eigenvalue weighted by Gasteiger charge is 2.09. The number of carbonyl (C=O) groups excluding carboxylic acids is 1. The fourth-order valence-corrected chi connectivity index (χ4v) is 2.01. The van der Waals surface area contributed by atoms with Gasteiger partial charge in [-0.3, -0.25) is 4.79 Å². The smallest absolute Gasteiger partial charge is 0.255 e. The molecule has 0 bridgehead atoms. The van der Waals surface area contributed by atoms with Crippen LogP contribution in [0.5, 0.6) is 0 Å². The summed E-state index contributed by atoms with van der Waals surface area (Å²) in [5, 5.41) is 12.3. The van der Waals surface area contributed by atoms with Crippen molar-refractivity contribution in [2.45, 2.75) is 13.0 Å². The molecule has 0 saturated carbocycles. The molecule has 5 heteroatoms. The number of aliphatic hydroxyl groups excluding tert-OH is 1. The predicted molar refractivity (Wildman–Crippen MR) is 83.6 cm³/mol. The van der Waals surface area contributed by atoms with Crippen LogP contribution in [-0.2, 0) is 0 Å². The van der Waals surface area contributed by atoms with Gasteiger partial charge in [-0.25, -0.2) is 0 Å². The van der Waals surface area contributed by atoms with Crippen molar-refractivity contribution in [3.8, 4) is 0 Å². The molecule has 0 aromatic heterocycles. The molecule has 2 rings (SSSR count). The molecule has 0 spiro atoms. The van der Waals surface area contributed by atoms with Gasteiger partial charge >= 0.3 is 0 Å². The van der Waals surface area contributed by atoms with E-state index in [4.69, 9.17) is 5.73 Å². The first-order chi connectivity index (χ1) is 9.47. The third-order valence-corrected chi connectivity index (χ3v) is 3.61. The Labute approximate surface area is 125 Å². The lowest BCUT2D eigenvalue weighted by Gasteiger charge is -2.09. The van der Waals surface area contributed by atoms with E-state index in [2.05, 4.69) is 21.2 Å². The fourth-order valence-electron chi connectivity index (χ4n) is 1.76. The summed E-state index contributed by atoms with van der Waals surface area (Å²) in [4.78, 5) is 12.1. The van der Waals surface area contributed by atoms with Crippen molar-refractivity contribution in [3.05, 3.63) is 58.1 Å². The molecular weight excluding hydrogens is 320 g/mol. The Morgan fingerprint density at radius 3 is 2.70 bits per heavy atom. The van der Waals surface area contributed by atoms with Gasteiger partial charge in [0.2, 0.25) is 0 Å². The maximum atomic E-state index is 12.1. The van der Waals surface area contributed by atoms with Crippen LogP contribution in [-0.4, -0.2) is 11.0 Å². The van der Waals surface area contributed by atoms with E-state index >= 15 is 0 Å². The van der Waals surface area contributed by atoms with E-state index in [9.17, 15) is 9.90 Å². The van der Waals surface area contributed by atoms with E-state index in [1.165, 1.54) is 0 Å². The summed E-state index contributed by atoms with van der Waals surface area (Å²) in [5.41, 5.74) is 8.13. The molecule has 0 radical (unpaired) electrons.